The van der Waals surface area contributed by atoms with Crippen molar-refractivity contribution in [3.05, 3.63) is 28.3 Å². The van der Waals surface area contributed by atoms with Crippen molar-refractivity contribution in [1.82, 2.24) is 4.72 Å². The van der Waals surface area contributed by atoms with Crippen LogP contribution in [0.5, 0.6) is 0 Å². The van der Waals surface area contributed by atoms with Gasteiger partial charge in [0.25, 0.3) is 5.69 Å². The summed E-state index contributed by atoms with van der Waals surface area (Å²) < 4.78 is 27.2. The van der Waals surface area contributed by atoms with E-state index in [2.05, 4.69) is 10.0 Å². The first-order valence-electron chi connectivity index (χ1n) is 6.28. The lowest BCUT2D eigenvalue weighted by molar-refractivity contribution is -0.387. The van der Waals surface area contributed by atoms with Gasteiger partial charge in [-0.15, -0.1) is 0 Å². The van der Waals surface area contributed by atoms with Gasteiger partial charge in [0.05, 0.1) is 4.92 Å². The van der Waals surface area contributed by atoms with Gasteiger partial charge >= 0.3 is 0 Å². The number of nitro groups is 1. The molecule has 0 aliphatic heterocycles. The Hall–Kier alpha value is -1.67. The van der Waals surface area contributed by atoms with E-state index in [-0.39, 0.29) is 4.90 Å². The smallest absolute Gasteiger partial charge is 0.291 e. The monoisotopic (exact) mass is 299 g/mol. The van der Waals surface area contributed by atoms with Crippen molar-refractivity contribution in [2.75, 3.05) is 12.4 Å². The van der Waals surface area contributed by atoms with E-state index >= 15 is 0 Å². The van der Waals surface area contributed by atoms with Crippen LogP contribution in [0.15, 0.2) is 23.1 Å². The minimum absolute atomic E-state index is 0.297. The summed E-state index contributed by atoms with van der Waals surface area (Å²) in [6.45, 7) is 1.81. The first kappa shape index (κ1) is 14.7. The fourth-order valence-corrected chi connectivity index (χ4v) is 3.85. The van der Waals surface area contributed by atoms with Gasteiger partial charge in [-0.05, 0) is 38.3 Å². The minimum Gasteiger partial charge on any atom is -0.388 e. The molecule has 8 heteroatoms. The van der Waals surface area contributed by atoms with E-state index < -0.39 is 26.2 Å². The number of hydrogen-bond acceptors (Lipinski definition) is 5. The minimum atomic E-state index is -3.90. The topological polar surface area (TPSA) is 101 Å². The SMILES string of the molecule is CNc1ccc(S(=O)(=O)NC2(C)CCC2)c([N+](=O)[O-])c1. The molecule has 2 rings (SSSR count). The number of hydrogen-bond donors (Lipinski definition) is 2. The van der Waals surface area contributed by atoms with Crippen molar-refractivity contribution < 1.29 is 13.3 Å². The lowest BCUT2D eigenvalue weighted by Crippen LogP contribution is -2.50. The average Bonchev–Trinajstić information content (AvgIpc) is 2.35. The number of nitrogens with one attached hydrogen (secondary N) is 2. The van der Waals surface area contributed by atoms with E-state index in [1.54, 1.807) is 7.05 Å². The molecule has 1 aromatic rings. The maximum absolute atomic E-state index is 12.3. The maximum Gasteiger partial charge on any atom is 0.291 e. The van der Waals surface area contributed by atoms with Crippen molar-refractivity contribution in [1.29, 1.82) is 0 Å². The van der Waals surface area contributed by atoms with Gasteiger partial charge < -0.3 is 5.32 Å². The van der Waals surface area contributed by atoms with Gasteiger partial charge in [0.2, 0.25) is 10.0 Å². The van der Waals surface area contributed by atoms with Gasteiger partial charge in [-0.2, -0.15) is 0 Å². The predicted molar refractivity (Wildman–Crippen MR) is 75.2 cm³/mol. The van der Waals surface area contributed by atoms with Gasteiger partial charge in [0, 0.05) is 24.3 Å². The highest BCUT2D eigenvalue weighted by molar-refractivity contribution is 7.89. The molecule has 1 fully saturated rings. The fourth-order valence-electron chi connectivity index (χ4n) is 2.23. The summed E-state index contributed by atoms with van der Waals surface area (Å²) >= 11 is 0. The first-order chi connectivity index (χ1) is 9.27. The van der Waals surface area contributed by atoms with Crippen LogP contribution < -0.4 is 10.0 Å². The zero-order chi connectivity index (χ0) is 15.0. The fraction of sp³-hybridized carbons (Fsp3) is 0.500. The zero-order valence-corrected chi connectivity index (χ0v) is 12.2. The van der Waals surface area contributed by atoms with Crippen molar-refractivity contribution in [3.63, 3.8) is 0 Å². The van der Waals surface area contributed by atoms with Gasteiger partial charge in [-0.25, -0.2) is 13.1 Å². The van der Waals surface area contributed by atoms with Crippen LogP contribution in [-0.4, -0.2) is 25.9 Å². The van der Waals surface area contributed by atoms with Crippen LogP contribution in [-0.2, 0) is 10.0 Å². The molecule has 1 saturated carbocycles. The summed E-state index contributed by atoms with van der Waals surface area (Å²) in [4.78, 5) is 10.1. The van der Waals surface area contributed by atoms with Crippen LogP contribution >= 0.6 is 0 Å². The van der Waals surface area contributed by atoms with E-state index in [0.29, 0.717) is 5.69 Å². The van der Waals surface area contributed by atoms with Crippen molar-refractivity contribution >= 4 is 21.4 Å². The Bertz CT molecular complexity index is 638. The highest BCUT2D eigenvalue weighted by atomic mass is 32.2. The Morgan fingerprint density at radius 1 is 1.35 bits per heavy atom. The predicted octanol–water partition coefficient (Wildman–Crippen LogP) is 1.86. The molecule has 1 aliphatic carbocycles. The van der Waals surface area contributed by atoms with Crippen LogP contribution in [0, 0.1) is 10.1 Å². The van der Waals surface area contributed by atoms with E-state index in [1.165, 1.54) is 18.2 Å². The summed E-state index contributed by atoms with van der Waals surface area (Å²) in [5.41, 5.74) is -0.424. The Labute approximate surface area is 117 Å². The van der Waals surface area contributed by atoms with Crippen molar-refractivity contribution in [2.45, 2.75) is 36.6 Å². The Morgan fingerprint density at radius 3 is 2.45 bits per heavy atom. The van der Waals surface area contributed by atoms with Crippen LogP contribution in [0.2, 0.25) is 0 Å². The van der Waals surface area contributed by atoms with E-state index in [1.807, 2.05) is 6.92 Å². The third-order valence-corrected chi connectivity index (χ3v) is 5.26. The normalized spacial score (nSPS) is 17.3. The highest BCUT2D eigenvalue weighted by Gasteiger charge is 2.38. The average molecular weight is 299 g/mol. The van der Waals surface area contributed by atoms with Crippen LogP contribution in [0.1, 0.15) is 26.2 Å². The number of sulfonamides is 1. The first-order valence-corrected chi connectivity index (χ1v) is 7.76. The second-order valence-electron chi connectivity index (χ2n) is 5.21. The van der Waals surface area contributed by atoms with Crippen molar-refractivity contribution in [3.8, 4) is 0 Å². The van der Waals surface area contributed by atoms with Gasteiger partial charge in [0.15, 0.2) is 4.90 Å². The maximum atomic E-state index is 12.3. The summed E-state index contributed by atoms with van der Waals surface area (Å²) in [5.74, 6) is 0. The molecule has 110 valence electrons. The molecule has 2 N–H and O–H groups in total. The Morgan fingerprint density at radius 2 is 2.00 bits per heavy atom. The second-order valence-corrected chi connectivity index (χ2v) is 6.86. The summed E-state index contributed by atoms with van der Waals surface area (Å²) in [6.07, 6.45) is 2.45. The van der Waals surface area contributed by atoms with E-state index in [9.17, 15) is 18.5 Å². The number of benzene rings is 1. The van der Waals surface area contributed by atoms with E-state index in [0.717, 1.165) is 19.3 Å². The number of nitrogens with zero attached hydrogens (tertiary/aromatic N) is 1. The number of nitro benzene ring substituents is 1. The molecule has 1 aromatic carbocycles. The molecule has 1 aliphatic rings. The standard InChI is InChI=1S/C12H17N3O4S/c1-12(6-3-7-12)14-20(18,19)11-5-4-9(13-2)8-10(11)15(16)17/h4-5,8,13-14H,3,6-7H2,1-2H3. The molecule has 0 amide bonds. The number of rotatable bonds is 5. The number of anilines is 1. The molecular weight excluding hydrogens is 282 g/mol. The Balaban J connectivity index is 2.42. The quantitative estimate of drug-likeness (QED) is 0.638. The molecule has 20 heavy (non-hydrogen) atoms. The van der Waals surface area contributed by atoms with Crippen molar-refractivity contribution in [2.24, 2.45) is 0 Å². The van der Waals surface area contributed by atoms with E-state index in [4.69, 9.17) is 0 Å². The molecule has 0 unspecified atom stereocenters. The summed E-state index contributed by atoms with van der Waals surface area (Å²) in [5, 5.41) is 13.8. The largest absolute Gasteiger partial charge is 0.388 e. The molecule has 0 radical (unpaired) electrons. The van der Waals surface area contributed by atoms with Crippen LogP contribution in [0.4, 0.5) is 11.4 Å². The molecule has 0 aromatic heterocycles. The molecule has 7 nitrogen and oxygen atoms in total. The molecule has 0 atom stereocenters. The van der Waals surface area contributed by atoms with Gasteiger partial charge in [0.1, 0.15) is 0 Å². The summed E-state index contributed by atoms with van der Waals surface area (Å²) in [7, 11) is -2.29. The third kappa shape index (κ3) is 2.75. The van der Waals surface area contributed by atoms with Gasteiger partial charge in [-0.3, -0.25) is 10.1 Å². The molecule has 0 bridgehead atoms. The van der Waals surface area contributed by atoms with Crippen LogP contribution in [0.3, 0.4) is 0 Å². The molecule has 0 spiro atoms. The molecule has 0 heterocycles. The Kier molecular flexibility index (Phi) is 3.70. The third-order valence-electron chi connectivity index (χ3n) is 3.57. The second kappa shape index (κ2) is 5.02. The molecular formula is C12H17N3O4S. The lowest BCUT2D eigenvalue weighted by Gasteiger charge is -2.38. The molecule has 0 saturated heterocycles. The summed E-state index contributed by atoms with van der Waals surface area (Å²) in [6, 6.07) is 3.98. The highest BCUT2D eigenvalue weighted by Crippen LogP contribution is 2.34. The lowest BCUT2D eigenvalue weighted by atomic mass is 9.80. The zero-order valence-electron chi connectivity index (χ0n) is 11.3. The van der Waals surface area contributed by atoms with Gasteiger partial charge in [-0.1, -0.05) is 0 Å². The van der Waals surface area contributed by atoms with Crippen LogP contribution in [0.25, 0.3) is 0 Å².